The molecule has 4 aromatic rings. The van der Waals surface area contributed by atoms with Crippen molar-refractivity contribution in [1.82, 2.24) is 4.57 Å². The second-order valence-corrected chi connectivity index (χ2v) is 6.97. The summed E-state index contributed by atoms with van der Waals surface area (Å²) >= 11 is 0. The van der Waals surface area contributed by atoms with E-state index < -0.39 is 0 Å². The Morgan fingerprint density at radius 3 is 1.42 bits per heavy atom. The van der Waals surface area contributed by atoms with Crippen LogP contribution in [0, 0.1) is 20.8 Å². The minimum absolute atomic E-state index is 1.24. The van der Waals surface area contributed by atoms with Crippen LogP contribution in [0.25, 0.3) is 27.9 Å². The van der Waals surface area contributed by atoms with Crippen LogP contribution in [0.15, 0.2) is 85.2 Å². The highest BCUT2D eigenvalue weighted by Crippen LogP contribution is 2.35. The third-order valence-corrected chi connectivity index (χ3v) is 4.89. The molecule has 0 spiro atoms. The summed E-state index contributed by atoms with van der Waals surface area (Å²) in [6.45, 7) is 6.55. The zero-order valence-corrected chi connectivity index (χ0v) is 15.5. The van der Waals surface area contributed by atoms with Crippen molar-refractivity contribution < 1.29 is 0 Å². The van der Waals surface area contributed by atoms with E-state index >= 15 is 0 Å². The first kappa shape index (κ1) is 16.4. The molecule has 0 amide bonds. The fourth-order valence-corrected chi connectivity index (χ4v) is 3.86. The molecule has 0 atom stereocenters. The van der Waals surface area contributed by atoms with Gasteiger partial charge in [-0.05, 0) is 43.0 Å². The number of rotatable bonds is 3. The van der Waals surface area contributed by atoms with Crippen LogP contribution in [-0.4, -0.2) is 4.57 Å². The third kappa shape index (κ3) is 2.97. The van der Waals surface area contributed by atoms with E-state index in [2.05, 4.69) is 111 Å². The molecule has 0 radical (unpaired) electrons. The van der Waals surface area contributed by atoms with Crippen molar-refractivity contribution in [3.8, 4) is 27.9 Å². The highest BCUT2D eigenvalue weighted by Gasteiger charge is 2.14. The van der Waals surface area contributed by atoms with E-state index in [-0.39, 0.29) is 0 Å². The standard InChI is InChI=1S/C25H23N/c1-18-14-19(2)25(20(3)15-18)26-16-23(21-10-6-4-7-11-21)24(17-26)22-12-8-5-9-13-22/h4-17H,1-3H3. The Balaban J connectivity index is 1.96. The van der Waals surface area contributed by atoms with Crippen LogP contribution >= 0.6 is 0 Å². The molecule has 0 unspecified atom stereocenters. The van der Waals surface area contributed by atoms with E-state index in [0.29, 0.717) is 0 Å². The first-order valence-corrected chi connectivity index (χ1v) is 9.04. The lowest BCUT2D eigenvalue weighted by atomic mass is 9.99. The van der Waals surface area contributed by atoms with Crippen molar-refractivity contribution in [3.63, 3.8) is 0 Å². The monoisotopic (exact) mass is 337 g/mol. The summed E-state index contributed by atoms with van der Waals surface area (Å²) in [6.07, 6.45) is 4.53. The highest BCUT2D eigenvalue weighted by molar-refractivity contribution is 5.84. The molecule has 0 fully saturated rings. The molecule has 0 bridgehead atoms. The van der Waals surface area contributed by atoms with Gasteiger partial charge in [0.2, 0.25) is 0 Å². The SMILES string of the molecule is Cc1cc(C)c(-n2cc(-c3ccccc3)c(-c3ccccc3)c2)c(C)c1. The zero-order valence-electron chi connectivity index (χ0n) is 15.5. The van der Waals surface area contributed by atoms with Crippen LogP contribution in [-0.2, 0) is 0 Å². The smallest absolute Gasteiger partial charge is 0.0508 e. The fraction of sp³-hybridized carbons (Fsp3) is 0.120. The molecule has 128 valence electrons. The Morgan fingerprint density at radius 1 is 0.577 bits per heavy atom. The molecule has 0 saturated heterocycles. The number of aryl methyl sites for hydroxylation is 3. The zero-order chi connectivity index (χ0) is 18.1. The molecular formula is C25H23N. The first-order valence-electron chi connectivity index (χ1n) is 9.04. The molecule has 0 aliphatic carbocycles. The molecule has 0 saturated carbocycles. The summed E-state index contributed by atoms with van der Waals surface area (Å²) in [4.78, 5) is 0. The van der Waals surface area contributed by atoms with Gasteiger partial charge in [0.05, 0.1) is 5.69 Å². The van der Waals surface area contributed by atoms with E-state index in [1.54, 1.807) is 0 Å². The Kier molecular flexibility index (Phi) is 4.22. The van der Waals surface area contributed by atoms with Crippen LogP contribution in [0.1, 0.15) is 16.7 Å². The Morgan fingerprint density at radius 2 is 1.00 bits per heavy atom. The summed E-state index contributed by atoms with van der Waals surface area (Å²) in [6, 6.07) is 25.8. The van der Waals surface area contributed by atoms with Crippen LogP contribution in [0.2, 0.25) is 0 Å². The van der Waals surface area contributed by atoms with Gasteiger partial charge < -0.3 is 4.57 Å². The second kappa shape index (κ2) is 6.68. The number of benzene rings is 3. The topological polar surface area (TPSA) is 4.93 Å². The summed E-state index contributed by atoms with van der Waals surface area (Å²) in [5.74, 6) is 0. The van der Waals surface area contributed by atoms with Gasteiger partial charge in [0.15, 0.2) is 0 Å². The average Bonchev–Trinajstić information content (AvgIpc) is 3.07. The lowest BCUT2D eigenvalue weighted by molar-refractivity contribution is 1.04. The predicted molar refractivity (Wildman–Crippen MR) is 111 cm³/mol. The molecule has 1 nitrogen and oxygen atoms in total. The lowest BCUT2D eigenvalue weighted by Gasteiger charge is -2.12. The predicted octanol–water partition coefficient (Wildman–Crippen LogP) is 6.74. The number of hydrogen-bond acceptors (Lipinski definition) is 0. The van der Waals surface area contributed by atoms with Gasteiger partial charge in [-0.1, -0.05) is 78.4 Å². The van der Waals surface area contributed by atoms with Crippen molar-refractivity contribution in [3.05, 3.63) is 102 Å². The molecule has 1 heterocycles. The third-order valence-electron chi connectivity index (χ3n) is 4.89. The van der Waals surface area contributed by atoms with Gasteiger partial charge in [-0.15, -0.1) is 0 Å². The molecule has 0 N–H and O–H groups in total. The summed E-state index contributed by atoms with van der Waals surface area (Å²) in [7, 11) is 0. The minimum atomic E-state index is 1.24. The number of hydrogen-bond donors (Lipinski definition) is 0. The molecule has 1 heteroatoms. The van der Waals surface area contributed by atoms with Crippen molar-refractivity contribution in [1.29, 1.82) is 0 Å². The molecule has 26 heavy (non-hydrogen) atoms. The highest BCUT2D eigenvalue weighted by atomic mass is 15.0. The summed E-state index contributed by atoms with van der Waals surface area (Å²) < 4.78 is 2.29. The van der Waals surface area contributed by atoms with Crippen LogP contribution < -0.4 is 0 Å². The van der Waals surface area contributed by atoms with E-state index in [9.17, 15) is 0 Å². The van der Waals surface area contributed by atoms with Crippen LogP contribution in [0.5, 0.6) is 0 Å². The number of nitrogens with zero attached hydrogens (tertiary/aromatic N) is 1. The molecule has 3 aromatic carbocycles. The van der Waals surface area contributed by atoms with Crippen LogP contribution in [0.4, 0.5) is 0 Å². The largest absolute Gasteiger partial charge is 0.322 e. The molecule has 0 aliphatic heterocycles. The van der Waals surface area contributed by atoms with Crippen molar-refractivity contribution in [2.45, 2.75) is 20.8 Å². The maximum atomic E-state index is 2.29. The molecule has 0 aliphatic rings. The van der Waals surface area contributed by atoms with Gasteiger partial charge in [-0.25, -0.2) is 0 Å². The summed E-state index contributed by atoms with van der Waals surface area (Å²) in [5, 5.41) is 0. The maximum absolute atomic E-state index is 2.29. The van der Waals surface area contributed by atoms with E-state index in [0.717, 1.165) is 0 Å². The van der Waals surface area contributed by atoms with Gasteiger partial charge in [0, 0.05) is 23.5 Å². The van der Waals surface area contributed by atoms with Gasteiger partial charge in [0.25, 0.3) is 0 Å². The van der Waals surface area contributed by atoms with Gasteiger partial charge in [-0.3, -0.25) is 0 Å². The quantitative estimate of drug-likeness (QED) is 0.390. The Hall–Kier alpha value is -3.06. The Labute approximate surface area is 155 Å². The lowest BCUT2D eigenvalue weighted by Crippen LogP contribution is -1.98. The summed E-state index contributed by atoms with van der Waals surface area (Å²) in [5.41, 5.74) is 10.2. The van der Waals surface area contributed by atoms with Crippen molar-refractivity contribution in [2.24, 2.45) is 0 Å². The average molecular weight is 337 g/mol. The molecular weight excluding hydrogens is 314 g/mol. The first-order chi connectivity index (χ1) is 12.6. The normalized spacial score (nSPS) is 10.9. The molecule has 4 rings (SSSR count). The van der Waals surface area contributed by atoms with Crippen molar-refractivity contribution >= 4 is 0 Å². The van der Waals surface area contributed by atoms with Gasteiger partial charge >= 0.3 is 0 Å². The van der Waals surface area contributed by atoms with Crippen molar-refractivity contribution in [2.75, 3.05) is 0 Å². The van der Waals surface area contributed by atoms with Crippen LogP contribution in [0.3, 0.4) is 0 Å². The Bertz CT molecular complexity index is 960. The van der Waals surface area contributed by atoms with Gasteiger partial charge in [-0.2, -0.15) is 0 Å². The minimum Gasteiger partial charge on any atom is -0.322 e. The maximum Gasteiger partial charge on any atom is 0.0508 e. The fourth-order valence-electron chi connectivity index (χ4n) is 3.86. The second-order valence-electron chi connectivity index (χ2n) is 6.97. The van der Waals surface area contributed by atoms with Gasteiger partial charge in [0.1, 0.15) is 0 Å². The molecule has 1 aromatic heterocycles. The van der Waals surface area contributed by atoms with E-state index in [1.807, 2.05) is 0 Å². The van der Waals surface area contributed by atoms with E-state index in [1.165, 1.54) is 44.6 Å². The van der Waals surface area contributed by atoms with E-state index in [4.69, 9.17) is 0 Å². The number of aromatic nitrogens is 1.